The summed E-state index contributed by atoms with van der Waals surface area (Å²) in [5.41, 5.74) is 15.1. The Bertz CT molecular complexity index is 2620. The second-order valence-electron chi connectivity index (χ2n) is 13.4. The van der Waals surface area contributed by atoms with E-state index in [1.165, 1.54) is 88.4 Å². The maximum atomic E-state index is 2.43. The van der Waals surface area contributed by atoms with Gasteiger partial charge in [-0.05, 0) is 113 Å². The van der Waals surface area contributed by atoms with Gasteiger partial charge in [0.15, 0.2) is 0 Å². The van der Waals surface area contributed by atoms with Crippen LogP contribution in [0.2, 0.25) is 0 Å². The van der Waals surface area contributed by atoms with Crippen LogP contribution in [-0.2, 0) is 0 Å². The minimum Gasteiger partial charge on any atom is -0.309 e. The minimum absolute atomic E-state index is 0.436. The minimum atomic E-state index is 0.436. The summed E-state index contributed by atoms with van der Waals surface area (Å²) in [4.78, 5) is 0. The summed E-state index contributed by atoms with van der Waals surface area (Å²) in [6.07, 6.45) is 1.09. The molecule has 2 heterocycles. The third kappa shape index (κ3) is 4.70. The molecule has 7 aromatic carbocycles. The molecule has 0 spiro atoms. The molecule has 0 radical (unpaired) electrons. The number of nitrogens with zero attached hydrogens (tertiary/aromatic N) is 2. The van der Waals surface area contributed by atoms with Crippen molar-refractivity contribution >= 4 is 43.6 Å². The first kappa shape index (κ1) is 29.3. The molecule has 0 saturated carbocycles. The highest BCUT2D eigenvalue weighted by atomic mass is 15.0. The number of para-hydroxylation sites is 4. The smallest absolute Gasteiger partial charge is 0.0541 e. The number of hydrogen-bond donors (Lipinski definition) is 0. The predicted octanol–water partition coefficient (Wildman–Crippen LogP) is 13.0. The number of benzene rings is 7. The molecular formula is C47H38N2. The van der Waals surface area contributed by atoms with E-state index in [-0.39, 0.29) is 0 Å². The monoisotopic (exact) mass is 630 g/mol. The summed E-state index contributed by atoms with van der Waals surface area (Å²) >= 11 is 0. The van der Waals surface area contributed by atoms with Gasteiger partial charge in [-0.25, -0.2) is 0 Å². The van der Waals surface area contributed by atoms with Gasteiger partial charge in [0, 0.05) is 32.9 Å². The second kappa shape index (κ2) is 11.7. The molecule has 0 bridgehead atoms. The lowest BCUT2D eigenvalue weighted by Crippen LogP contribution is -2.01. The van der Waals surface area contributed by atoms with Crippen LogP contribution in [0.3, 0.4) is 0 Å². The van der Waals surface area contributed by atoms with Crippen LogP contribution in [0.4, 0.5) is 0 Å². The van der Waals surface area contributed by atoms with Gasteiger partial charge in [0.1, 0.15) is 0 Å². The molecule has 0 aliphatic carbocycles. The van der Waals surface area contributed by atoms with Gasteiger partial charge in [0.05, 0.1) is 22.1 Å². The summed E-state index contributed by atoms with van der Waals surface area (Å²) in [5, 5.41) is 5.11. The maximum absolute atomic E-state index is 2.43. The van der Waals surface area contributed by atoms with Gasteiger partial charge in [-0.1, -0.05) is 111 Å². The van der Waals surface area contributed by atoms with E-state index in [1.807, 2.05) is 0 Å². The Morgan fingerprint density at radius 3 is 1.63 bits per heavy atom. The first-order chi connectivity index (χ1) is 24.1. The first-order valence-electron chi connectivity index (χ1n) is 17.4. The number of hydrogen-bond acceptors (Lipinski definition) is 0. The third-order valence-electron chi connectivity index (χ3n) is 10.6. The standard InChI is InChI=1S/C47H38N2/c1-4-31(2)37-26-25-36(49-44-19-11-8-16-38(44)39-17-9-12-20-45(39)49)30-42(37)41-28-33(23-22-32(41)3)34-24-27-47-43(29-34)40-18-10-13-21-46(40)48(47)35-14-6-5-7-15-35/h5-31H,4H2,1-3H3. The quantitative estimate of drug-likeness (QED) is 0.173. The molecule has 236 valence electrons. The second-order valence-corrected chi connectivity index (χ2v) is 13.4. The van der Waals surface area contributed by atoms with E-state index in [0.717, 1.165) is 6.42 Å². The Labute approximate surface area is 287 Å². The highest BCUT2D eigenvalue weighted by Crippen LogP contribution is 2.40. The summed E-state index contributed by atoms with van der Waals surface area (Å²) in [5.74, 6) is 0.436. The van der Waals surface area contributed by atoms with Crippen molar-refractivity contribution in [1.29, 1.82) is 0 Å². The predicted molar refractivity (Wildman–Crippen MR) is 209 cm³/mol. The van der Waals surface area contributed by atoms with E-state index in [1.54, 1.807) is 0 Å². The van der Waals surface area contributed by atoms with Crippen LogP contribution in [0.1, 0.15) is 37.3 Å². The zero-order chi connectivity index (χ0) is 33.1. The molecule has 2 aromatic heterocycles. The summed E-state index contributed by atoms with van der Waals surface area (Å²) in [6, 6.07) is 58.1. The summed E-state index contributed by atoms with van der Waals surface area (Å²) in [6.45, 7) is 6.90. The third-order valence-corrected chi connectivity index (χ3v) is 10.6. The fourth-order valence-corrected chi connectivity index (χ4v) is 7.87. The van der Waals surface area contributed by atoms with Crippen LogP contribution in [0, 0.1) is 6.92 Å². The number of aryl methyl sites for hydroxylation is 1. The highest BCUT2D eigenvalue weighted by molar-refractivity contribution is 6.11. The maximum Gasteiger partial charge on any atom is 0.0541 e. The van der Waals surface area contributed by atoms with Crippen molar-refractivity contribution in [2.75, 3.05) is 0 Å². The Hall–Kier alpha value is -5.86. The van der Waals surface area contributed by atoms with Crippen molar-refractivity contribution in [2.45, 2.75) is 33.1 Å². The molecule has 2 heteroatoms. The average molecular weight is 631 g/mol. The number of aromatic nitrogens is 2. The molecular weight excluding hydrogens is 593 g/mol. The zero-order valence-electron chi connectivity index (χ0n) is 28.2. The molecule has 0 aliphatic rings. The van der Waals surface area contributed by atoms with E-state index in [9.17, 15) is 0 Å². The summed E-state index contributed by atoms with van der Waals surface area (Å²) in [7, 11) is 0. The molecule has 0 aliphatic heterocycles. The lowest BCUT2D eigenvalue weighted by Gasteiger charge is -2.20. The molecule has 9 rings (SSSR count). The molecule has 49 heavy (non-hydrogen) atoms. The van der Waals surface area contributed by atoms with Crippen molar-refractivity contribution < 1.29 is 0 Å². The molecule has 1 unspecified atom stereocenters. The van der Waals surface area contributed by atoms with Crippen LogP contribution in [0.15, 0.2) is 158 Å². The van der Waals surface area contributed by atoms with E-state index < -0.39 is 0 Å². The van der Waals surface area contributed by atoms with Gasteiger partial charge in [-0.2, -0.15) is 0 Å². The van der Waals surface area contributed by atoms with Gasteiger partial charge in [0.2, 0.25) is 0 Å². The van der Waals surface area contributed by atoms with Gasteiger partial charge >= 0.3 is 0 Å². The molecule has 9 aromatic rings. The van der Waals surface area contributed by atoms with Crippen molar-refractivity contribution in [3.63, 3.8) is 0 Å². The zero-order valence-corrected chi connectivity index (χ0v) is 28.2. The first-order valence-corrected chi connectivity index (χ1v) is 17.4. The Kier molecular flexibility index (Phi) is 6.98. The largest absolute Gasteiger partial charge is 0.309 e. The lowest BCUT2D eigenvalue weighted by atomic mass is 9.86. The van der Waals surface area contributed by atoms with E-state index in [0.29, 0.717) is 5.92 Å². The van der Waals surface area contributed by atoms with Crippen molar-refractivity contribution in [3.05, 3.63) is 169 Å². The molecule has 0 fully saturated rings. The topological polar surface area (TPSA) is 9.86 Å². The molecule has 0 amide bonds. The average Bonchev–Trinajstić information content (AvgIpc) is 3.67. The van der Waals surface area contributed by atoms with E-state index in [4.69, 9.17) is 0 Å². The van der Waals surface area contributed by atoms with Crippen LogP contribution in [-0.4, -0.2) is 9.13 Å². The van der Waals surface area contributed by atoms with Crippen molar-refractivity contribution in [2.24, 2.45) is 0 Å². The Morgan fingerprint density at radius 1 is 0.449 bits per heavy atom. The van der Waals surface area contributed by atoms with E-state index in [2.05, 4.69) is 188 Å². The van der Waals surface area contributed by atoms with Crippen molar-refractivity contribution in [3.8, 4) is 33.6 Å². The number of fused-ring (bicyclic) bond motifs is 6. The number of rotatable bonds is 6. The lowest BCUT2D eigenvalue weighted by molar-refractivity contribution is 0.735. The summed E-state index contributed by atoms with van der Waals surface area (Å²) < 4.78 is 4.82. The molecule has 0 N–H and O–H groups in total. The van der Waals surface area contributed by atoms with E-state index >= 15 is 0 Å². The van der Waals surface area contributed by atoms with Crippen LogP contribution >= 0.6 is 0 Å². The normalized spacial score (nSPS) is 12.4. The molecule has 2 nitrogen and oxygen atoms in total. The van der Waals surface area contributed by atoms with Crippen LogP contribution in [0.5, 0.6) is 0 Å². The van der Waals surface area contributed by atoms with Gasteiger partial charge < -0.3 is 9.13 Å². The van der Waals surface area contributed by atoms with Gasteiger partial charge in [0.25, 0.3) is 0 Å². The van der Waals surface area contributed by atoms with Crippen molar-refractivity contribution in [1.82, 2.24) is 9.13 Å². The Morgan fingerprint density at radius 2 is 0.980 bits per heavy atom. The molecule has 0 saturated heterocycles. The van der Waals surface area contributed by atoms with Gasteiger partial charge in [-0.15, -0.1) is 0 Å². The fourth-order valence-electron chi connectivity index (χ4n) is 7.87. The van der Waals surface area contributed by atoms with Crippen LogP contribution in [0.25, 0.3) is 77.2 Å². The Balaban J connectivity index is 1.23. The van der Waals surface area contributed by atoms with Gasteiger partial charge in [-0.3, -0.25) is 0 Å². The highest BCUT2D eigenvalue weighted by Gasteiger charge is 2.19. The SMILES string of the molecule is CCC(C)c1ccc(-n2c3ccccc3c3ccccc32)cc1-c1cc(-c2ccc3c(c2)c2ccccc2n3-c2ccccc2)ccc1C. The molecule has 1 atom stereocenters. The van der Waals surface area contributed by atoms with Crippen LogP contribution < -0.4 is 0 Å². The fraction of sp³-hybridized carbons (Fsp3) is 0.106.